The highest BCUT2D eigenvalue weighted by Gasteiger charge is 2.51. The molecule has 6 nitrogen and oxygen atoms in total. The molecule has 4 saturated carbocycles. The molecule has 2 N–H and O–H groups in total. The quantitative estimate of drug-likeness (QED) is 0.654. The van der Waals surface area contributed by atoms with Gasteiger partial charge in [0.2, 0.25) is 5.91 Å². The monoisotopic (exact) mass is 457 g/mol. The molecule has 1 aliphatic heterocycles. The lowest BCUT2D eigenvalue weighted by Gasteiger charge is -2.56. The van der Waals surface area contributed by atoms with Crippen molar-refractivity contribution >= 4 is 5.91 Å². The molecule has 1 amide bonds. The maximum absolute atomic E-state index is 13.2. The van der Waals surface area contributed by atoms with Gasteiger partial charge in [-0.2, -0.15) is 5.26 Å². The molecule has 4 bridgehead atoms. The molecule has 5 fully saturated rings. The van der Waals surface area contributed by atoms with Gasteiger partial charge in [0, 0.05) is 50.4 Å². The molecule has 0 spiro atoms. The van der Waals surface area contributed by atoms with Crippen LogP contribution in [0.4, 0.5) is 0 Å². The zero-order valence-corrected chi connectivity index (χ0v) is 19.9. The predicted octanol–water partition coefficient (Wildman–Crippen LogP) is 4.17. The van der Waals surface area contributed by atoms with Gasteiger partial charge < -0.3 is 15.2 Å². The van der Waals surface area contributed by atoms with Crippen LogP contribution in [-0.4, -0.2) is 39.9 Å². The first-order valence-electron chi connectivity index (χ1n) is 13.1. The molecular weight excluding hydrogens is 422 g/mol. The summed E-state index contributed by atoms with van der Waals surface area (Å²) in [6.07, 6.45) is 12.7. The topological polar surface area (TPSA) is 84.8 Å². The van der Waals surface area contributed by atoms with Gasteiger partial charge in [-0.05, 0) is 85.8 Å². The minimum Gasteiger partial charge on any atom is -0.345 e. The molecule has 6 heteroatoms. The molecule has 0 radical (unpaired) electrons. The highest BCUT2D eigenvalue weighted by atomic mass is 16.2. The number of nitrogens with one attached hydrogen (secondary N) is 2. The summed E-state index contributed by atoms with van der Waals surface area (Å²) in [5, 5.41) is 12.6. The van der Waals surface area contributed by atoms with E-state index in [1.54, 1.807) is 0 Å². The third-order valence-corrected chi connectivity index (χ3v) is 8.95. The molecule has 1 aromatic carbocycles. The summed E-state index contributed by atoms with van der Waals surface area (Å²) in [5.74, 6) is 4.05. The van der Waals surface area contributed by atoms with E-state index in [9.17, 15) is 4.79 Å². The van der Waals surface area contributed by atoms with E-state index in [0.29, 0.717) is 22.9 Å². The van der Waals surface area contributed by atoms with Gasteiger partial charge in [0.05, 0.1) is 11.6 Å². The van der Waals surface area contributed by atoms with Crippen molar-refractivity contribution in [2.24, 2.45) is 23.2 Å². The number of aromatic nitrogens is 2. The second-order valence-electron chi connectivity index (χ2n) is 11.6. The molecule has 178 valence electrons. The molecule has 34 heavy (non-hydrogen) atoms. The number of nitrogens with zero attached hydrogens (tertiary/aromatic N) is 3. The molecule has 1 saturated heterocycles. The Morgan fingerprint density at radius 2 is 1.85 bits per heavy atom. The van der Waals surface area contributed by atoms with Crippen molar-refractivity contribution in [1.29, 1.82) is 5.26 Å². The van der Waals surface area contributed by atoms with Crippen LogP contribution >= 0.6 is 0 Å². The molecule has 4 aliphatic carbocycles. The van der Waals surface area contributed by atoms with E-state index < -0.39 is 0 Å². The number of rotatable bonds is 7. The lowest BCUT2D eigenvalue weighted by atomic mass is 9.49. The number of hydrogen-bond acceptors (Lipinski definition) is 4. The highest BCUT2D eigenvalue weighted by molar-refractivity contribution is 5.77. The van der Waals surface area contributed by atoms with Crippen LogP contribution in [-0.2, 0) is 17.8 Å². The molecule has 1 atom stereocenters. The van der Waals surface area contributed by atoms with E-state index >= 15 is 0 Å². The van der Waals surface area contributed by atoms with Crippen LogP contribution in [0, 0.1) is 34.5 Å². The second-order valence-corrected chi connectivity index (χ2v) is 11.6. The van der Waals surface area contributed by atoms with Crippen LogP contribution in [0.5, 0.6) is 0 Å². The molecule has 7 rings (SSSR count). The Morgan fingerprint density at radius 1 is 1.15 bits per heavy atom. The average Bonchev–Trinajstić information content (AvgIpc) is 3.46. The Labute approximate surface area is 202 Å². The van der Waals surface area contributed by atoms with Crippen molar-refractivity contribution in [2.75, 3.05) is 13.1 Å². The van der Waals surface area contributed by atoms with Crippen molar-refractivity contribution in [3.05, 3.63) is 53.1 Å². The van der Waals surface area contributed by atoms with Gasteiger partial charge in [0.25, 0.3) is 0 Å². The summed E-state index contributed by atoms with van der Waals surface area (Å²) >= 11 is 0. The third-order valence-electron chi connectivity index (χ3n) is 8.95. The fraction of sp³-hybridized carbons (Fsp3) is 0.607. The van der Waals surface area contributed by atoms with E-state index in [1.807, 2.05) is 30.5 Å². The van der Waals surface area contributed by atoms with Gasteiger partial charge in [-0.15, -0.1) is 0 Å². The first-order chi connectivity index (χ1) is 16.6. The summed E-state index contributed by atoms with van der Waals surface area (Å²) in [6.45, 7) is 2.45. The number of nitriles is 1. The SMILES string of the molecule is N#Cc1ccc(Cc2ncc(CN[C@@H]3CCN(C(=O)CC45CC6CC(CC(C6)C4)C5)C3)[nH]2)cc1. The van der Waals surface area contributed by atoms with E-state index in [4.69, 9.17) is 5.26 Å². The highest BCUT2D eigenvalue weighted by Crippen LogP contribution is 2.61. The number of aromatic amines is 1. The van der Waals surface area contributed by atoms with Gasteiger partial charge in [-0.1, -0.05) is 12.1 Å². The van der Waals surface area contributed by atoms with Gasteiger partial charge >= 0.3 is 0 Å². The van der Waals surface area contributed by atoms with Crippen LogP contribution in [0.1, 0.15) is 74.0 Å². The minimum absolute atomic E-state index is 0.332. The van der Waals surface area contributed by atoms with Gasteiger partial charge in [0.15, 0.2) is 0 Å². The second kappa shape index (κ2) is 8.85. The zero-order valence-electron chi connectivity index (χ0n) is 19.9. The largest absolute Gasteiger partial charge is 0.345 e. The number of hydrogen-bond donors (Lipinski definition) is 2. The Bertz CT molecular complexity index is 1050. The number of carbonyl (C=O) groups excluding carboxylic acids is 1. The first kappa shape index (κ1) is 21.9. The number of carbonyl (C=O) groups is 1. The van der Waals surface area contributed by atoms with Crippen LogP contribution in [0.25, 0.3) is 0 Å². The normalized spacial score (nSPS) is 31.7. The van der Waals surface area contributed by atoms with Crippen LogP contribution in [0.15, 0.2) is 30.5 Å². The Balaban J connectivity index is 0.978. The minimum atomic E-state index is 0.332. The summed E-state index contributed by atoms with van der Waals surface area (Å²) in [5.41, 5.74) is 3.22. The number of amides is 1. The van der Waals surface area contributed by atoms with Crippen LogP contribution in [0.2, 0.25) is 0 Å². The van der Waals surface area contributed by atoms with E-state index in [1.165, 1.54) is 38.5 Å². The van der Waals surface area contributed by atoms with Crippen molar-refractivity contribution in [2.45, 2.75) is 70.4 Å². The molecule has 5 aliphatic rings. The fourth-order valence-corrected chi connectivity index (χ4v) is 7.82. The molecule has 2 aromatic rings. The number of imidazole rings is 1. The molecule has 1 aromatic heterocycles. The van der Waals surface area contributed by atoms with Gasteiger partial charge in [-0.3, -0.25) is 4.79 Å². The summed E-state index contributed by atoms with van der Waals surface area (Å²) < 4.78 is 0. The summed E-state index contributed by atoms with van der Waals surface area (Å²) in [6, 6.07) is 10.2. The van der Waals surface area contributed by atoms with E-state index in [2.05, 4.69) is 26.3 Å². The summed E-state index contributed by atoms with van der Waals surface area (Å²) in [7, 11) is 0. The molecule has 2 heterocycles. The van der Waals surface area contributed by atoms with Crippen molar-refractivity contribution in [3.8, 4) is 6.07 Å². The smallest absolute Gasteiger partial charge is 0.223 e. The number of benzene rings is 1. The number of likely N-dealkylation sites (tertiary alicyclic amines) is 1. The maximum atomic E-state index is 13.2. The standard InChI is InChI=1S/C28H35N5O/c29-15-20-3-1-19(2-4-20)10-26-31-17-25(32-26)16-30-24-5-6-33(18-24)27(34)14-28-11-21-7-22(12-28)9-23(8-21)13-28/h1-4,17,21-24,30H,5-14,16,18H2,(H,31,32)/t21?,22?,23?,24-,28?/m1/s1. The van der Waals surface area contributed by atoms with Crippen molar-refractivity contribution in [1.82, 2.24) is 20.2 Å². The lowest BCUT2D eigenvalue weighted by molar-refractivity contribution is -0.138. The predicted molar refractivity (Wildman–Crippen MR) is 130 cm³/mol. The number of H-pyrrole nitrogens is 1. The fourth-order valence-electron chi connectivity index (χ4n) is 7.82. The third kappa shape index (κ3) is 4.51. The van der Waals surface area contributed by atoms with Crippen LogP contribution < -0.4 is 5.32 Å². The van der Waals surface area contributed by atoms with E-state index in [0.717, 1.165) is 73.7 Å². The van der Waals surface area contributed by atoms with Gasteiger partial charge in [0.1, 0.15) is 5.82 Å². The molecule has 0 unspecified atom stereocenters. The van der Waals surface area contributed by atoms with Gasteiger partial charge in [-0.25, -0.2) is 4.98 Å². The van der Waals surface area contributed by atoms with Crippen LogP contribution in [0.3, 0.4) is 0 Å². The zero-order chi connectivity index (χ0) is 23.1. The average molecular weight is 458 g/mol. The Morgan fingerprint density at radius 3 is 2.53 bits per heavy atom. The summed E-state index contributed by atoms with van der Waals surface area (Å²) in [4.78, 5) is 23.3. The lowest BCUT2D eigenvalue weighted by Crippen LogP contribution is -2.48. The van der Waals surface area contributed by atoms with Crippen molar-refractivity contribution < 1.29 is 4.79 Å². The maximum Gasteiger partial charge on any atom is 0.223 e. The Kier molecular flexibility index (Phi) is 5.69. The van der Waals surface area contributed by atoms with Crippen molar-refractivity contribution in [3.63, 3.8) is 0 Å². The molecular formula is C28H35N5O. The Hall–Kier alpha value is -2.65. The van der Waals surface area contributed by atoms with E-state index in [-0.39, 0.29) is 0 Å². The first-order valence-corrected chi connectivity index (χ1v) is 13.1.